The minimum Gasteiger partial charge on any atom is -0.455 e. The van der Waals surface area contributed by atoms with Gasteiger partial charge in [0.2, 0.25) is 0 Å². The molecular formula is C54H36N2O. The van der Waals surface area contributed by atoms with E-state index in [1.165, 1.54) is 32.9 Å². The number of hydrogen-bond donors (Lipinski definition) is 0. The van der Waals surface area contributed by atoms with Gasteiger partial charge in [0.05, 0.1) is 16.7 Å². The van der Waals surface area contributed by atoms with Crippen molar-refractivity contribution in [3.8, 4) is 39.1 Å². The van der Waals surface area contributed by atoms with Gasteiger partial charge in [0.25, 0.3) is 0 Å². The molecule has 268 valence electrons. The number of fused-ring (bicyclic) bond motifs is 6. The molecule has 0 aliphatic rings. The molecule has 0 bridgehead atoms. The Hall–Kier alpha value is -7.62. The van der Waals surface area contributed by atoms with Gasteiger partial charge in [0, 0.05) is 49.7 Å². The van der Waals surface area contributed by atoms with Gasteiger partial charge in [-0.2, -0.15) is 0 Å². The number of hydrogen-bond acceptors (Lipinski definition) is 2. The number of benzene rings is 9. The van der Waals surface area contributed by atoms with Crippen LogP contribution in [0.25, 0.3) is 82.8 Å². The Morgan fingerprint density at radius 1 is 0.351 bits per heavy atom. The van der Waals surface area contributed by atoms with Crippen LogP contribution < -0.4 is 4.90 Å². The van der Waals surface area contributed by atoms with E-state index in [1.54, 1.807) is 0 Å². The molecule has 11 rings (SSSR count). The molecule has 0 aliphatic carbocycles. The first kappa shape index (κ1) is 32.8. The van der Waals surface area contributed by atoms with Crippen LogP contribution in [0.4, 0.5) is 17.1 Å². The van der Waals surface area contributed by atoms with E-state index in [4.69, 9.17) is 4.42 Å². The predicted molar refractivity (Wildman–Crippen MR) is 239 cm³/mol. The molecule has 0 atom stereocenters. The number of para-hydroxylation sites is 4. The number of furan rings is 1. The second kappa shape index (κ2) is 13.6. The van der Waals surface area contributed by atoms with Gasteiger partial charge in [-0.15, -0.1) is 0 Å². The fraction of sp³-hybridized carbons (Fsp3) is 0. The van der Waals surface area contributed by atoms with Crippen molar-refractivity contribution in [2.75, 3.05) is 4.90 Å². The molecule has 2 aromatic heterocycles. The maximum atomic E-state index is 6.49. The molecule has 2 heterocycles. The van der Waals surface area contributed by atoms with Crippen LogP contribution in [0.1, 0.15) is 0 Å². The lowest BCUT2D eigenvalue weighted by Crippen LogP contribution is -2.11. The highest BCUT2D eigenvalue weighted by molar-refractivity contribution is 6.11. The van der Waals surface area contributed by atoms with Crippen LogP contribution >= 0.6 is 0 Å². The Kier molecular flexibility index (Phi) is 7.82. The van der Waals surface area contributed by atoms with Gasteiger partial charge >= 0.3 is 0 Å². The summed E-state index contributed by atoms with van der Waals surface area (Å²) in [6, 6.07) is 78.0. The Bertz CT molecular complexity index is 3160. The topological polar surface area (TPSA) is 21.3 Å². The third-order valence-electron chi connectivity index (χ3n) is 11.2. The zero-order valence-corrected chi connectivity index (χ0v) is 31.1. The van der Waals surface area contributed by atoms with Gasteiger partial charge in [-0.3, -0.25) is 0 Å². The zero-order valence-electron chi connectivity index (χ0n) is 31.1. The second-order valence-corrected chi connectivity index (χ2v) is 14.5. The Morgan fingerprint density at radius 3 is 1.56 bits per heavy atom. The lowest BCUT2D eigenvalue weighted by molar-refractivity contribution is 0.670. The van der Waals surface area contributed by atoms with Gasteiger partial charge in [-0.1, -0.05) is 152 Å². The first-order valence-corrected chi connectivity index (χ1v) is 19.4. The van der Waals surface area contributed by atoms with E-state index in [1.807, 2.05) is 6.07 Å². The highest BCUT2D eigenvalue weighted by Gasteiger charge is 2.19. The monoisotopic (exact) mass is 728 g/mol. The highest BCUT2D eigenvalue weighted by Crippen LogP contribution is 2.43. The van der Waals surface area contributed by atoms with Crippen LogP contribution in [-0.4, -0.2) is 4.57 Å². The van der Waals surface area contributed by atoms with E-state index in [2.05, 4.69) is 222 Å². The van der Waals surface area contributed by atoms with Crippen molar-refractivity contribution >= 4 is 60.8 Å². The van der Waals surface area contributed by atoms with Crippen molar-refractivity contribution in [1.29, 1.82) is 0 Å². The lowest BCUT2D eigenvalue weighted by atomic mass is 9.99. The fourth-order valence-corrected chi connectivity index (χ4v) is 8.54. The molecular weight excluding hydrogens is 693 g/mol. The SMILES string of the molecule is c1ccc(-c2ccccc2N(c2ccc(-c3ccc4oc5c(-c6ccccc6)cccc5c4c3)cc2)c2ccc(-n3c4ccccc4c4ccccc43)cc2)cc1. The lowest BCUT2D eigenvalue weighted by Gasteiger charge is -2.28. The predicted octanol–water partition coefficient (Wildman–Crippen LogP) is 15.2. The first-order chi connectivity index (χ1) is 28.3. The Labute approximate surface area is 330 Å². The molecule has 0 saturated heterocycles. The molecule has 3 heteroatoms. The molecule has 11 aromatic rings. The van der Waals surface area contributed by atoms with Crippen LogP contribution in [0, 0.1) is 0 Å². The molecule has 9 aromatic carbocycles. The zero-order chi connectivity index (χ0) is 37.7. The van der Waals surface area contributed by atoms with E-state index in [0.717, 1.165) is 66.9 Å². The van der Waals surface area contributed by atoms with Crippen LogP contribution in [-0.2, 0) is 0 Å². The van der Waals surface area contributed by atoms with E-state index in [9.17, 15) is 0 Å². The maximum Gasteiger partial charge on any atom is 0.143 e. The van der Waals surface area contributed by atoms with Gasteiger partial charge in [-0.05, 0) is 89.0 Å². The van der Waals surface area contributed by atoms with E-state index in [-0.39, 0.29) is 0 Å². The molecule has 0 radical (unpaired) electrons. The summed E-state index contributed by atoms with van der Waals surface area (Å²) in [7, 11) is 0. The van der Waals surface area contributed by atoms with Crippen molar-refractivity contribution in [3.05, 3.63) is 218 Å². The van der Waals surface area contributed by atoms with Crippen molar-refractivity contribution in [2.24, 2.45) is 0 Å². The van der Waals surface area contributed by atoms with Gasteiger partial charge in [0.1, 0.15) is 11.2 Å². The molecule has 0 unspecified atom stereocenters. The number of anilines is 3. The summed E-state index contributed by atoms with van der Waals surface area (Å²) in [5.41, 5.74) is 15.5. The summed E-state index contributed by atoms with van der Waals surface area (Å²) in [6.07, 6.45) is 0. The van der Waals surface area contributed by atoms with Crippen LogP contribution in [0.5, 0.6) is 0 Å². The van der Waals surface area contributed by atoms with Crippen LogP contribution in [0.3, 0.4) is 0 Å². The van der Waals surface area contributed by atoms with Crippen LogP contribution in [0.2, 0.25) is 0 Å². The van der Waals surface area contributed by atoms with Crippen molar-refractivity contribution in [3.63, 3.8) is 0 Å². The van der Waals surface area contributed by atoms with Crippen molar-refractivity contribution in [1.82, 2.24) is 4.57 Å². The molecule has 0 fully saturated rings. The summed E-state index contributed by atoms with van der Waals surface area (Å²) in [4.78, 5) is 2.37. The quantitative estimate of drug-likeness (QED) is 0.163. The molecule has 0 spiro atoms. The highest BCUT2D eigenvalue weighted by atomic mass is 16.3. The fourth-order valence-electron chi connectivity index (χ4n) is 8.54. The van der Waals surface area contributed by atoms with Gasteiger partial charge < -0.3 is 13.9 Å². The normalized spacial score (nSPS) is 11.5. The van der Waals surface area contributed by atoms with E-state index in [0.29, 0.717) is 0 Å². The largest absolute Gasteiger partial charge is 0.455 e. The second-order valence-electron chi connectivity index (χ2n) is 14.5. The summed E-state index contributed by atoms with van der Waals surface area (Å²) < 4.78 is 8.86. The molecule has 0 N–H and O–H groups in total. The average Bonchev–Trinajstić information content (AvgIpc) is 3.83. The smallest absolute Gasteiger partial charge is 0.143 e. The van der Waals surface area contributed by atoms with Crippen molar-refractivity contribution < 1.29 is 4.42 Å². The van der Waals surface area contributed by atoms with Crippen molar-refractivity contribution in [2.45, 2.75) is 0 Å². The Morgan fingerprint density at radius 2 is 0.877 bits per heavy atom. The molecule has 57 heavy (non-hydrogen) atoms. The minimum atomic E-state index is 0.891. The third-order valence-corrected chi connectivity index (χ3v) is 11.2. The molecule has 0 aliphatic heterocycles. The first-order valence-electron chi connectivity index (χ1n) is 19.4. The standard InChI is InChI=1S/C54H36N2O/c1-3-14-38(15-4-1)44-18-7-10-23-50(44)55(42-31-33-43(34-32-42)56-51-24-11-8-19-46(51)47-20-9-12-25-52(47)56)41-29-26-37(27-30-41)40-28-35-53-49(36-40)48-22-13-21-45(54(48)57-53)39-16-5-2-6-17-39/h1-36H. The number of nitrogens with zero attached hydrogens (tertiary/aromatic N) is 2. The maximum absolute atomic E-state index is 6.49. The summed E-state index contributed by atoms with van der Waals surface area (Å²) >= 11 is 0. The Balaban J connectivity index is 1.01. The van der Waals surface area contributed by atoms with E-state index >= 15 is 0 Å². The van der Waals surface area contributed by atoms with Gasteiger partial charge in [0.15, 0.2) is 0 Å². The number of aromatic nitrogens is 1. The molecule has 0 saturated carbocycles. The average molecular weight is 729 g/mol. The minimum absolute atomic E-state index is 0.891. The van der Waals surface area contributed by atoms with Gasteiger partial charge in [-0.25, -0.2) is 0 Å². The van der Waals surface area contributed by atoms with Crippen LogP contribution in [0.15, 0.2) is 223 Å². The molecule has 0 amide bonds. The third kappa shape index (κ3) is 5.60. The summed E-state index contributed by atoms with van der Waals surface area (Å²) in [5, 5.41) is 4.75. The summed E-state index contributed by atoms with van der Waals surface area (Å²) in [5.74, 6) is 0. The molecule has 3 nitrogen and oxygen atoms in total. The number of rotatable bonds is 7. The summed E-state index contributed by atoms with van der Waals surface area (Å²) in [6.45, 7) is 0. The van der Waals surface area contributed by atoms with E-state index < -0.39 is 0 Å².